The van der Waals surface area contributed by atoms with Gasteiger partial charge in [-0.2, -0.15) is 5.10 Å². The number of nitrogens with one attached hydrogen (secondary N) is 1. The van der Waals surface area contributed by atoms with Crippen LogP contribution in [0.15, 0.2) is 36.5 Å². The molecule has 2 saturated heterocycles. The summed E-state index contributed by atoms with van der Waals surface area (Å²) >= 11 is 0. The maximum atomic E-state index is 12.7. The van der Waals surface area contributed by atoms with Gasteiger partial charge in [-0.1, -0.05) is 6.07 Å². The quantitative estimate of drug-likeness (QED) is 0.823. The Morgan fingerprint density at radius 3 is 2.93 bits per heavy atom. The fourth-order valence-corrected chi connectivity index (χ4v) is 3.91. The van der Waals surface area contributed by atoms with Gasteiger partial charge in [0.15, 0.2) is 0 Å². The lowest BCUT2D eigenvalue weighted by Crippen LogP contribution is -2.36. The van der Waals surface area contributed by atoms with Crippen LogP contribution in [-0.4, -0.2) is 63.9 Å². The Labute approximate surface area is 156 Å². The molecule has 3 heterocycles. The number of phenolic OH excluding ortho intramolecular Hbond substituents is 1. The topological polar surface area (TPSA) is 96.7 Å². The Balaban J connectivity index is 1.36. The highest BCUT2D eigenvalue weighted by molar-refractivity contribution is 5.95. The third-order valence-electron chi connectivity index (χ3n) is 5.40. The molecule has 2 amide bonds. The number of benzene rings is 1. The second kappa shape index (κ2) is 7.03. The standard InChI is InChI=1S/C19H22N4O4/c1-22-16(5-6-21-22)18(25)20-8-13-11-27-17-10-23(9-15(13)17)19(26)12-3-2-4-14(24)7-12/h2-7,13,15,17,24H,8-11H2,1H3,(H,20,25)/t13-,15+,17+/m0/s1. The molecule has 142 valence electrons. The van der Waals surface area contributed by atoms with Crippen LogP contribution in [0.1, 0.15) is 20.8 Å². The molecule has 1 aromatic heterocycles. The number of phenols is 1. The van der Waals surface area contributed by atoms with E-state index in [0.717, 1.165) is 0 Å². The van der Waals surface area contributed by atoms with Gasteiger partial charge in [0.25, 0.3) is 11.8 Å². The Kier molecular flexibility index (Phi) is 4.57. The number of carbonyl (C=O) groups is 2. The first-order valence-electron chi connectivity index (χ1n) is 8.99. The minimum atomic E-state index is -0.163. The molecule has 2 aromatic rings. The number of nitrogens with zero attached hydrogens (tertiary/aromatic N) is 3. The molecule has 0 aliphatic carbocycles. The van der Waals surface area contributed by atoms with Crippen LogP contribution >= 0.6 is 0 Å². The summed E-state index contributed by atoms with van der Waals surface area (Å²) in [6.07, 6.45) is 1.58. The molecule has 0 unspecified atom stereocenters. The van der Waals surface area contributed by atoms with Gasteiger partial charge in [0, 0.05) is 50.3 Å². The van der Waals surface area contributed by atoms with E-state index in [0.29, 0.717) is 37.5 Å². The lowest BCUT2D eigenvalue weighted by Gasteiger charge is -2.20. The lowest BCUT2D eigenvalue weighted by molar-refractivity contribution is 0.0674. The first kappa shape index (κ1) is 17.5. The van der Waals surface area contributed by atoms with Gasteiger partial charge in [-0.3, -0.25) is 14.3 Å². The number of aryl methyl sites for hydroxylation is 1. The summed E-state index contributed by atoms with van der Waals surface area (Å²) in [7, 11) is 1.73. The molecule has 2 N–H and O–H groups in total. The van der Waals surface area contributed by atoms with Crippen LogP contribution in [0, 0.1) is 11.8 Å². The molecular weight excluding hydrogens is 348 g/mol. The van der Waals surface area contributed by atoms with Crippen molar-refractivity contribution in [3.8, 4) is 5.75 Å². The maximum Gasteiger partial charge on any atom is 0.269 e. The number of carbonyl (C=O) groups excluding carboxylic acids is 2. The van der Waals surface area contributed by atoms with Crippen LogP contribution in [0.25, 0.3) is 0 Å². The second-order valence-electron chi connectivity index (χ2n) is 7.11. The van der Waals surface area contributed by atoms with Crippen LogP contribution < -0.4 is 5.32 Å². The normalized spacial score (nSPS) is 24.0. The van der Waals surface area contributed by atoms with E-state index in [9.17, 15) is 14.7 Å². The zero-order valence-corrected chi connectivity index (χ0v) is 15.0. The van der Waals surface area contributed by atoms with Crippen molar-refractivity contribution in [3.05, 3.63) is 47.8 Å². The summed E-state index contributed by atoms with van der Waals surface area (Å²) in [5, 5.41) is 16.5. The van der Waals surface area contributed by atoms with E-state index < -0.39 is 0 Å². The van der Waals surface area contributed by atoms with E-state index in [4.69, 9.17) is 4.74 Å². The molecule has 2 aliphatic heterocycles. The number of fused-ring (bicyclic) bond motifs is 1. The summed E-state index contributed by atoms with van der Waals surface area (Å²) in [6.45, 7) is 2.20. The number of aromatic hydroxyl groups is 1. The number of likely N-dealkylation sites (tertiary alicyclic amines) is 1. The van der Waals surface area contributed by atoms with Crippen molar-refractivity contribution in [2.45, 2.75) is 6.10 Å². The van der Waals surface area contributed by atoms with Gasteiger partial charge < -0.3 is 20.1 Å². The molecule has 0 saturated carbocycles. The third-order valence-corrected chi connectivity index (χ3v) is 5.40. The number of hydrogen-bond acceptors (Lipinski definition) is 5. The van der Waals surface area contributed by atoms with Gasteiger partial charge in [-0.05, 0) is 24.3 Å². The summed E-state index contributed by atoms with van der Waals surface area (Å²) in [5.41, 5.74) is 0.980. The highest BCUT2D eigenvalue weighted by atomic mass is 16.5. The van der Waals surface area contributed by atoms with Crippen molar-refractivity contribution < 1.29 is 19.4 Å². The van der Waals surface area contributed by atoms with Gasteiger partial charge >= 0.3 is 0 Å². The van der Waals surface area contributed by atoms with Crippen molar-refractivity contribution >= 4 is 11.8 Å². The monoisotopic (exact) mass is 370 g/mol. The highest BCUT2D eigenvalue weighted by Gasteiger charge is 2.45. The van der Waals surface area contributed by atoms with Gasteiger partial charge in [0.05, 0.1) is 12.7 Å². The van der Waals surface area contributed by atoms with Crippen LogP contribution in [0.4, 0.5) is 0 Å². The van der Waals surface area contributed by atoms with Crippen molar-refractivity contribution in [1.82, 2.24) is 20.0 Å². The number of aromatic nitrogens is 2. The van der Waals surface area contributed by atoms with E-state index in [1.807, 2.05) is 0 Å². The summed E-state index contributed by atoms with van der Waals surface area (Å²) < 4.78 is 7.40. The molecule has 0 radical (unpaired) electrons. The minimum Gasteiger partial charge on any atom is -0.508 e. The van der Waals surface area contributed by atoms with E-state index in [-0.39, 0.29) is 35.5 Å². The first-order valence-corrected chi connectivity index (χ1v) is 8.99. The van der Waals surface area contributed by atoms with Gasteiger partial charge in [-0.15, -0.1) is 0 Å². The fraction of sp³-hybridized carbons (Fsp3) is 0.421. The summed E-state index contributed by atoms with van der Waals surface area (Å²) in [6, 6.07) is 8.05. The van der Waals surface area contributed by atoms with Crippen LogP contribution in [0.5, 0.6) is 5.75 Å². The van der Waals surface area contributed by atoms with Crippen LogP contribution in [0.3, 0.4) is 0 Å². The SMILES string of the molecule is Cn1nccc1C(=O)NC[C@H]1CO[C@@H]2CN(C(=O)c3cccc(O)c3)C[C@H]12. The predicted molar refractivity (Wildman–Crippen MR) is 96.3 cm³/mol. The molecule has 8 heteroatoms. The Morgan fingerprint density at radius 1 is 1.33 bits per heavy atom. The van der Waals surface area contributed by atoms with E-state index >= 15 is 0 Å². The number of ether oxygens (including phenoxy) is 1. The first-order chi connectivity index (χ1) is 13.0. The van der Waals surface area contributed by atoms with Crippen LogP contribution in [-0.2, 0) is 11.8 Å². The van der Waals surface area contributed by atoms with Gasteiger partial charge in [0.2, 0.25) is 0 Å². The number of amides is 2. The Hall–Kier alpha value is -2.87. The molecule has 2 aliphatic rings. The molecule has 0 spiro atoms. The zero-order valence-electron chi connectivity index (χ0n) is 15.0. The Morgan fingerprint density at radius 2 is 2.19 bits per heavy atom. The Bertz CT molecular complexity index is 865. The van der Waals surface area contributed by atoms with Crippen molar-refractivity contribution in [2.75, 3.05) is 26.2 Å². The molecule has 27 heavy (non-hydrogen) atoms. The molecule has 1 aromatic carbocycles. The average molecular weight is 370 g/mol. The van der Waals surface area contributed by atoms with Gasteiger partial charge in [0.1, 0.15) is 11.4 Å². The molecule has 2 fully saturated rings. The summed E-state index contributed by atoms with van der Waals surface area (Å²) in [5.74, 6) is 0.158. The highest BCUT2D eigenvalue weighted by Crippen LogP contribution is 2.34. The number of rotatable bonds is 4. The second-order valence-corrected chi connectivity index (χ2v) is 7.11. The fourth-order valence-electron chi connectivity index (χ4n) is 3.91. The minimum absolute atomic E-state index is 0.00938. The molecule has 0 bridgehead atoms. The predicted octanol–water partition coefficient (Wildman–Crippen LogP) is 0.643. The third kappa shape index (κ3) is 3.40. The van der Waals surface area contributed by atoms with E-state index in [1.165, 1.54) is 10.7 Å². The number of hydrogen-bond donors (Lipinski definition) is 2. The van der Waals surface area contributed by atoms with Gasteiger partial charge in [-0.25, -0.2) is 0 Å². The molecule has 4 rings (SSSR count). The zero-order chi connectivity index (χ0) is 19.0. The summed E-state index contributed by atoms with van der Waals surface area (Å²) in [4.78, 5) is 26.7. The van der Waals surface area contributed by atoms with E-state index in [1.54, 1.807) is 42.4 Å². The van der Waals surface area contributed by atoms with Crippen molar-refractivity contribution in [3.63, 3.8) is 0 Å². The lowest BCUT2D eigenvalue weighted by atomic mass is 9.93. The average Bonchev–Trinajstić information content (AvgIpc) is 3.35. The molecule has 8 nitrogen and oxygen atoms in total. The molecule has 3 atom stereocenters. The smallest absolute Gasteiger partial charge is 0.269 e. The van der Waals surface area contributed by atoms with Crippen LogP contribution in [0.2, 0.25) is 0 Å². The largest absolute Gasteiger partial charge is 0.508 e. The van der Waals surface area contributed by atoms with Crippen molar-refractivity contribution in [2.24, 2.45) is 18.9 Å². The maximum absolute atomic E-state index is 12.7. The van der Waals surface area contributed by atoms with Crippen molar-refractivity contribution in [1.29, 1.82) is 0 Å². The van der Waals surface area contributed by atoms with E-state index in [2.05, 4.69) is 10.4 Å². The molecular formula is C19H22N4O4.